The first-order valence-electron chi connectivity index (χ1n) is 5.05. The van der Waals surface area contributed by atoms with Crippen molar-refractivity contribution in [2.45, 2.75) is 5.16 Å². The molecule has 0 aliphatic rings. The molecule has 0 aliphatic heterocycles. The molecule has 0 bridgehead atoms. The summed E-state index contributed by atoms with van der Waals surface area (Å²) in [5.41, 5.74) is 0.424. The number of ketones is 1. The van der Waals surface area contributed by atoms with Crippen LogP contribution in [-0.4, -0.2) is 21.5 Å². The zero-order valence-corrected chi connectivity index (χ0v) is 11.5. The maximum Gasteiger partial charge on any atom is 0.187 e. The Balaban J connectivity index is 2.06. The van der Waals surface area contributed by atoms with E-state index < -0.39 is 0 Å². The molecular weight excluding hydrogens is 291 g/mol. The standard InChI is InChI=1S/C12H8Cl2N2OS/c13-8-2-3-10(14)9(6-8)11(17)7-18-12-15-4-1-5-16-12/h1-6H,7H2. The van der Waals surface area contributed by atoms with Crippen LogP contribution in [0, 0.1) is 0 Å². The molecule has 1 aromatic carbocycles. The van der Waals surface area contributed by atoms with Gasteiger partial charge in [-0.25, -0.2) is 9.97 Å². The van der Waals surface area contributed by atoms with Crippen LogP contribution < -0.4 is 0 Å². The van der Waals surface area contributed by atoms with Crippen LogP contribution in [0.2, 0.25) is 10.0 Å². The number of halogens is 2. The first-order chi connectivity index (χ1) is 8.66. The summed E-state index contributed by atoms with van der Waals surface area (Å²) in [5, 5.41) is 1.45. The predicted molar refractivity (Wildman–Crippen MR) is 73.5 cm³/mol. The fourth-order valence-corrected chi connectivity index (χ4v) is 2.36. The first-order valence-corrected chi connectivity index (χ1v) is 6.79. The van der Waals surface area contributed by atoms with Crippen molar-refractivity contribution < 1.29 is 4.79 Å². The van der Waals surface area contributed by atoms with Crippen molar-refractivity contribution in [1.82, 2.24) is 9.97 Å². The summed E-state index contributed by atoms with van der Waals surface area (Å²) >= 11 is 13.1. The number of rotatable bonds is 4. The predicted octanol–water partition coefficient (Wildman–Crippen LogP) is 3.76. The lowest BCUT2D eigenvalue weighted by molar-refractivity contribution is 0.102. The Kier molecular flexibility index (Phi) is 4.58. The topological polar surface area (TPSA) is 42.9 Å². The van der Waals surface area contributed by atoms with E-state index in [1.54, 1.807) is 36.7 Å². The van der Waals surface area contributed by atoms with Gasteiger partial charge in [0.05, 0.1) is 10.8 Å². The van der Waals surface area contributed by atoms with Gasteiger partial charge >= 0.3 is 0 Å². The molecule has 2 rings (SSSR count). The molecule has 2 aromatic rings. The van der Waals surface area contributed by atoms with Gasteiger partial charge in [-0.2, -0.15) is 0 Å². The number of nitrogens with zero attached hydrogens (tertiary/aromatic N) is 2. The van der Waals surface area contributed by atoms with Gasteiger partial charge in [0.1, 0.15) is 0 Å². The molecule has 1 aromatic heterocycles. The number of hydrogen-bond donors (Lipinski definition) is 0. The molecule has 0 aliphatic carbocycles. The van der Waals surface area contributed by atoms with Crippen LogP contribution in [0.3, 0.4) is 0 Å². The lowest BCUT2D eigenvalue weighted by atomic mass is 10.1. The third kappa shape index (κ3) is 3.45. The number of Topliss-reactive ketones (excluding diaryl/α,β-unsaturated/α-hetero) is 1. The molecule has 18 heavy (non-hydrogen) atoms. The molecule has 0 fully saturated rings. The summed E-state index contributed by atoms with van der Waals surface area (Å²) in [4.78, 5) is 20.0. The van der Waals surface area contributed by atoms with Crippen LogP contribution in [0.25, 0.3) is 0 Å². The molecule has 0 amide bonds. The largest absolute Gasteiger partial charge is 0.293 e. The molecule has 0 unspecified atom stereocenters. The Morgan fingerprint density at radius 3 is 2.67 bits per heavy atom. The minimum atomic E-state index is -0.0973. The van der Waals surface area contributed by atoms with Gasteiger partial charge in [-0.05, 0) is 24.3 Å². The average Bonchev–Trinajstić information content (AvgIpc) is 2.40. The van der Waals surface area contributed by atoms with E-state index in [2.05, 4.69) is 9.97 Å². The van der Waals surface area contributed by atoms with Gasteiger partial charge in [0, 0.05) is 23.0 Å². The number of aromatic nitrogens is 2. The molecule has 1 heterocycles. The average molecular weight is 299 g/mol. The van der Waals surface area contributed by atoms with Gasteiger partial charge in [0.2, 0.25) is 0 Å². The summed E-state index contributed by atoms with van der Waals surface area (Å²) in [5.74, 6) is 0.129. The molecule has 92 valence electrons. The molecule has 6 heteroatoms. The number of carbonyl (C=O) groups is 1. The van der Waals surface area contributed by atoms with Gasteiger partial charge < -0.3 is 0 Å². The molecule has 0 N–H and O–H groups in total. The van der Waals surface area contributed by atoms with Crippen LogP contribution in [-0.2, 0) is 0 Å². The molecule has 0 saturated carbocycles. The number of benzene rings is 1. The van der Waals surface area contributed by atoms with Crippen LogP contribution in [0.5, 0.6) is 0 Å². The van der Waals surface area contributed by atoms with Crippen LogP contribution in [0.1, 0.15) is 10.4 Å². The van der Waals surface area contributed by atoms with Gasteiger partial charge in [-0.15, -0.1) is 0 Å². The minimum absolute atomic E-state index is 0.0973. The van der Waals surface area contributed by atoms with Crippen molar-refractivity contribution in [3.63, 3.8) is 0 Å². The summed E-state index contributed by atoms with van der Waals surface area (Å²) in [6, 6.07) is 6.55. The molecular formula is C12H8Cl2N2OS. The zero-order valence-electron chi connectivity index (χ0n) is 9.14. The SMILES string of the molecule is O=C(CSc1ncccn1)c1cc(Cl)ccc1Cl. The number of hydrogen-bond acceptors (Lipinski definition) is 4. The number of carbonyl (C=O) groups excluding carboxylic acids is 1. The highest BCUT2D eigenvalue weighted by Crippen LogP contribution is 2.23. The molecule has 0 atom stereocenters. The number of thioether (sulfide) groups is 1. The van der Waals surface area contributed by atoms with E-state index in [-0.39, 0.29) is 11.5 Å². The van der Waals surface area contributed by atoms with Gasteiger partial charge in [-0.1, -0.05) is 35.0 Å². The zero-order chi connectivity index (χ0) is 13.0. The van der Waals surface area contributed by atoms with Crippen LogP contribution in [0.15, 0.2) is 41.8 Å². The second-order valence-corrected chi connectivity index (χ2v) is 5.15. The summed E-state index contributed by atoms with van der Waals surface area (Å²) in [7, 11) is 0. The summed E-state index contributed by atoms with van der Waals surface area (Å²) < 4.78 is 0. The van der Waals surface area contributed by atoms with Crippen LogP contribution >= 0.6 is 35.0 Å². The van der Waals surface area contributed by atoms with E-state index in [1.165, 1.54) is 11.8 Å². The normalized spacial score (nSPS) is 10.3. The van der Waals surface area contributed by atoms with E-state index in [9.17, 15) is 4.79 Å². The third-order valence-electron chi connectivity index (χ3n) is 2.10. The fraction of sp³-hybridized carbons (Fsp3) is 0.0833. The maximum absolute atomic E-state index is 12.0. The van der Waals surface area contributed by atoms with Crippen molar-refractivity contribution >= 4 is 40.7 Å². The second-order valence-electron chi connectivity index (χ2n) is 3.37. The smallest absolute Gasteiger partial charge is 0.187 e. The lowest BCUT2D eigenvalue weighted by Crippen LogP contribution is -2.04. The quantitative estimate of drug-likeness (QED) is 0.490. The lowest BCUT2D eigenvalue weighted by Gasteiger charge is -2.03. The Bertz CT molecular complexity index is 563. The van der Waals surface area contributed by atoms with E-state index in [0.717, 1.165) is 0 Å². The van der Waals surface area contributed by atoms with Gasteiger partial charge in [-0.3, -0.25) is 4.79 Å². The Morgan fingerprint density at radius 1 is 1.22 bits per heavy atom. The molecule has 0 spiro atoms. The van der Waals surface area contributed by atoms with Gasteiger partial charge in [0.15, 0.2) is 10.9 Å². The van der Waals surface area contributed by atoms with Crippen molar-refractivity contribution in [3.8, 4) is 0 Å². The van der Waals surface area contributed by atoms with E-state index in [0.29, 0.717) is 20.8 Å². The molecule has 0 radical (unpaired) electrons. The fourth-order valence-electron chi connectivity index (χ4n) is 1.28. The van der Waals surface area contributed by atoms with E-state index in [1.807, 2.05) is 0 Å². The minimum Gasteiger partial charge on any atom is -0.293 e. The monoisotopic (exact) mass is 298 g/mol. The molecule has 3 nitrogen and oxygen atoms in total. The third-order valence-corrected chi connectivity index (χ3v) is 3.54. The Hall–Kier alpha value is -1.10. The first kappa shape index (κ1) is 13.3. The second kappa shape index (κ2) is 6.18. The summed E-state index contributed by atoms with van der Waals surface area (Å²) in [6.45, 7) is 0. The highest BCUT2D eigenvalue weighted by atomic mass is 35.5. The molecule has 0 saturated heterocycles. The highest BCUT2D eigenvalue weighted by Gasteiger charge is 2.12. The van der Waals surface area contributed by atoms with E-state index in [4.69, 9.17) is 23.2 Å². The van der Waals surface area contributed by atoms with E-state index >= 15 is 0 Å². The van der Waals surface area contributed by atoms with Crippen LogP contribution in [0.4, 0.5) is 0 Å². The van der Waals surface area contributed by atoms with Crippen molar-refractivity contribution in [1.29, 1.82) is 0 Å². The van der Waals surface area contributed by atoms with Crippen molar-refractivity contribution in [2.75, 3.05) is 5.75 Å². The summed E-state index contributed by atoms with van der Waals surface area (Å²) in [6.07, 6.45) is 3.26. The van der Waals surface area contributed by atoms with Crippen molar-refractivity contribution in [2.24, 2.45) is 0 Å². The Labute approximate surface area is 119 Å². The van der Waals surface area contributed by atoms with Gasteiger partial charge in [0.25, 0.3) is 0 Å². The maximum atomic E-state index is 12.0. The highest BCUT2D eigenvalue weighted by molar-refractivity contribution is 7.99. The van der Waals surface area contributed by atoms with Crippen molar-refractivity contribution in [3.05, 3.63) is 52.3 Å². The Morgan fingerprint density at radius 2 is 1.94 bits per heavy atom.